The van der Waals surface area contributed by atoms with Crippen molar-refractivity contribution in [2.75, 3.05) is 0 Å². The Morgan fingerprint density at radius 3 is 1.07 bits per heavy atom. The van der Waals surface area contributed by atoms with Crippen molar-refractivity contribution in [2.45, 2.75) is 174 Å². The SMILES string of the molecule is CCCCCCCCC(CCCCCCCC)(CCCCCCCC)OC(C)P. The van der Waals surface area contributed by atoms with Gasteiger partial charge in [-0.1, -0.05) is 136 Å². The van der Waals surface area contributed by atoms with Gasteiger partial charge in [-0.25, -0.2) is 0 Å². The molecule has 0 saturated heterocycles. The van der Waals surface area contributed by atoms with E-state index in [0.29, 0.717) is 0 Å². The smallest absolute Gasteiger partial charge is 0.0690 e. The molecule has 2 atom stereocenters. The molecule has 0 rings (SSSR count). The molecule has 0 aromatic heterocycles. The first-order valence-electron chi connectivity index (χ1n) is 13.5. The summed E-state index contributed by atoms with van der Waals surface area (Å²) >= 11 is 0. The molecule has 0 spiro atoms. The van der Waals surface area contributed by atoms with E-state index in [0.717, 1.165) is 0 Å². The molecule has 0 aliphatic rings. The highest BCUT2D eigenvalue weighted by atomic mass is 31.0. The Labute approximate surface area is 188 Å². The lowest BCUT2D eigenvalue weighted by Gasteiger charge is -2.36. The summed E-state index contributed by atoms with van der Waals surface area (Å²) in [6.45, 7) is 9.13. The average molecular weight is 429 g/mol. The van der Waals surface area contributed by atoms with Gasteiger partial charge in [-0.05, 0) is 26.2 Å². The van der Waals surface area contributed by atoms with Crippen molar-refractivity contribution < 1.29 is 4.74 Å². The minimum Gasteiger partial charge on any atom is -0.368 e. The Morgan fingerprint density at radius 2 is 0.793 bits per heavy atom. The third-order valence-electron chi connectivity index (χ3n) is 6.39. The second-order valence-corrected chi connectivity index (χ2v) is 10.5. The second kappa shape index (κ2) is 21.6. The first kappa shape index (κ1) is 29.4. The molecule has 0 radical (unpaired) electrons. The first-order chi connectivity index (χ1) is 14.1. The zero-order valence-corrected chi connectivity index (χ0v) is 22.1. The lowest BCUT2D eigenvalue weighted by atomic mass is 9.84. The molecule has 29 heavy (non-hydrogen) atoms. The van der Waals surface area contributed by atoms with Crippen molar-refractivity contribution in [3.05, 3.63) is 0 Å². The first-order valence-corrected chi connectivity index (χ1v) is 14.2. The summed E-state index contributed by atoms with van der Waals surface area (Å²) in [4.78, 5) is 0. The van der Waals surface area contributed by atoms with E-state index in [1.54, 1.807) is 0 Å². The number of hydrogen-bond donors (Lipinski definition) is 0. The van der Waals surface area contributed by atoms with Crippen LogP contribution in [0.15, 0.2) is 0 Å². The molecule has 0 aliphatic carbocycles. The lowest BCUT2D eigenvalue weighted by Crippen LogP contribution is -2.35. The monoisotopic (exact) mass is 428 g/mol. The fourth-order valence-corrected chi connectivity index (χ4v) is 4.92. The van der Waals surface area contributed by atoms with Gasteiger partial charge in [0.2, 0.25) is 0 Å². The molecule has 176 valence electrons. The van der Waals surface area contributed by atoms with Gasteiger partial charge in [0, 0.05) is 0 Å². The van der Waals surface area contributed by atoms with Crippen molar-refractivity contribution >= 4 is 9.24 Å². The molecule has 0 amide bonds. The molecule has 0 bridgehead atoms. The van der Waals surface area contributed by atoms with Crippen LogP contribution >= 0.6 is 9.24 Å². The molecule has 2 unspecified atom stereocenters. The van der Waals surface area contributed by atoms with E-state index in [1.807, 2.05) is 0 Å². The van der Waals surface area contributed by atoms with Crippen molar-refractivity contribution in [2.24, 2.45) is 0 Å². The maximum Gasteiger partial charge on any atom is 0.0690 e. The predicted molar refractivity (Wildman–Crippen MR) is 137 cm³/mol. The van der Waals surface area contributed by atoms with Gasteiger partial charge in [0.25, 0.3) is 0 Å². The Morgan fingerprint density at radius 1 is 0.517 bits per heavy atom. The quantitative estimate of drug-likeness (QED) is 0.116. The molecule has 0 fully saturated rings. The minimum atomic E-state index is 0.140. The maximum absolute atomic E-state index is 6.68. The zero-order chi connectivity index (χ0) is 21.6. The van der Waals surface area contributed by atoms with Crippen molar-refractivity contribution in [3.63, 3.8) is 0 Å². The highest BCUT2D eigenvalue weighted by Crippen LogP contribution is 2.35. The third kappa shape index (κ3) is 18.8. The van der Waals surface area contributed by atoms with Crippen LogP contribution in [0, 0.1) is 0 Å². The maximum atomic E-state index is 6.68. The highest BCUT2D eigenvalue weighted by Gasteiger charge is 2.30. The molecular weight excluding hydrogens is 371 g/mol. The van der Waals surface area contributed by atoms with E-state index in [-0.39, 0.29) is 11.4 Å². The van der Waals surface area contributed by atoms with Gasteiger partial charge in [0.15, 0.2) is 0 Å². The van der Waals surface area contributed by atoms with E-state index in [9.17, 15) is 0 Å². The van der Waals surface area contributed by atoms with E-state index in [2.05, 4.69) is 36.9 Å². The Kier molecular flexibility index (Phi) is 21.9. The van der Waals surface area contributed by atoms with Gasteiger partial charge in [0.1, 0.15) is 0 Å². The van der Waals surface area contributed by atoms with Crippen LogP contribution in [0.1, 0.15) is 163 Å². The van der Waals surface area contributed by atoms with Crippen LogP contribution in [0.3, 0.4) is 0 Å². The molecule has 0 heterocycles. The Bertz CT molecular complexity index is 275. The van der Waals surface area contributed by atoms with Gasteiger partial charge in [-0.2, -0.15) is 0 Å². The second-order valence-electron chi connectivity index (χ2n) is 9.56. The van der Waals surface area contributed by atoms with Crippen LogP contribution < -0.4 is 0 Å². The standard InChI is InChI=1S/C27H57OP/c1-5-8-11-14-17-20-23-27(28-26(4)29,24-21-18-15-12-9-6-2)25-22-19-16-13-10-7-3/h26H,5-25,29H2,1-4H3. The van der Waals surface area contributed by atoms with Crippen LogP contribution in [-0.4, -0.2) is 11.4 Å². The van der Waals surface area contributed by atoms with Gasteiger partial charge < -0.3 is 4.74 Å². The summed E-state index contributed by atoms with van der Waals surface area (Å²) in [5.74, 6) is 0.273. The number of ether oxygens (including phenoxy) is 1. The van der Waals surface area contributed by atoms with Crippen molar-refractivity contribution in [3.8, 4) is 0 Å². The predicted octanol–water partition coefficient (Wildman–Crippen LogP) is 10.2. The van der Waals surface area contributed by atoms with Crippen LogP contribution in [-0.2, 0) is 4.74 Å². The van der Waals surface area contributed by atoms with Crippen molar-refractivity contribution in [1.82, 2.24) is 0 Å². The topological polar surface area (TPSA) is 9.23 Å². The molecule has 1 nitrogen and oxygen atoms in total. The van der Waals surface area contributed by atoms with Crippen LogP contribution in [0.4, 0.5) is 0 Å². The number of hydrogen-bond acceptors (Lipinski definition) is 1. The van der Waals surface area contributed by atoms with E-state index in [4.69, 9.17) is 4.74 Å². The molecule has 0 aromatic rings. The Hall–Kier alpha value is 0.390. The van der Waals surface area contributed by atoms with E-state index < -0.39 is 0 Å². The number of rotatable bonds is 23. The summed E-state index contributed by atoms with van der Waals surface area (Å²) in [5, 5.41) is 0. The average Bonchev–Trinajstić information content (AvgIpc) is 2.69. The summed E-state index contributed by atoms with van der Waals surface area (Å²) in [7, 11) is 2.90. The fourth-order valence-electron chi connectivity index (χ4n) is 4.63. The fraction of sp³-hybridized carbons (Fsp3) is 1.00. The van der Waals surface area contributed by atoms with Gasteiger partial charge in [-0.15, -0.1) is 9.24 Å². The zero-order valence-electron chi connectivity index (χ0n) is 20.9. The normalized spacial score (nSPS) is 13.1. The summed E-state index contributed by atoms with van der Waals surface area (Å²) < 4.78 is 6.68. The molecule has 0 N–H and O–H groups in total. The van der Waals surface area contributed by atoms with Crippen LogP contribution in [0.2, 0.25) is 0 Å². The lowest BCUT2D eigenvalue weighted by molar-refractivity contribution is -0.0758. The largest absolute Gasteiger partial charge is 0.368 e. The molecule has 0 aliphatic heterocycles. The highest BCUT2D eigenvalue weighted by molar-refractivity contribution is 7.17. The van der Waals surface area contributed by atoms with Crippen LogP contribution in [0.25, 0.3) is 0 Å². The van der Waals surface area contributed by atoms with Gasteiger partial charge in [-0.3, -0.25) is 0 Å². The molecule has 0 saturated carbocycles. The van der Waals surface area contributed by atoms with E-state index >= 15 is 0 Å². The van der Waals surface area contributed by atoms with Gasteiger partial charge >= 0.3 is 0 Å². The Balaban J connectivity index is 4.57. The molecule has 2 heteroatoms. The number of unbranched alkanes of at least 4 members (excludes halogenated alkanes) is 15. The third-order valence-corrected chi connectivity index (χ3v) is 6.53. The van der Waals surface area contributed by atoms with Crippen LogP contribution in [0.5, 0.6) is 0 Å². The summed E-state index contributed by atoms with van der Waals surface area (Å²) in [5.41, 5.74) is 0.140. The molecule has 0 aromatic carbocycles. The summed E-state index contributed by atoms with van der Waals surface area (Å²) in [6.07, 6.45) is 28.8. The van der Waals surface area contributed by atoms with Gasteiger partial charge in [0.05, 0.1) is 11.4 Å². The summed E-state index contributed by atoms with van der Waals surface area (Å²) in [6, 6.07) is 0. The van der Waals surface area contributed by atoms with Crippen molar-refractivity contribution in [1.29, 1.82) is 0 Å². The molecular formula is C27H57OP. The van der Waals surface area contributed by atoms with E-state index in [1.165, 1.54) is 135 Å². The minimum absolute atomic E-state index is 0.140.